The highest BCUT2D eigenvalue weighted by atomic mass is 32.1. The molecule has 0 bridgehead atoms. The lowest BCUT2D eigenvalue weighted by Gasteiger charge is -2.22. The topological polar surface area (TPSA) is 79.6 Å². The minimum Gasteiger partial charge on any atom is -0.311 e. The molecule has 27 heavy (non-hydrogen) atoms. The average Bonchev–Trinajstić information content (AvgIpc) is 3.31. The van der Waals surface area contributed by atoms with Crippen LogP contribution in [-0.4, -0.2) is 33.0 Å². The molecule has 8 heteroatoms. The summed E-state index contributed by atoms with van der Waals surface area (Å²) in [5, 5.41) is 9.04. The Morgan fingerprint density at radius 2 is 2.19 bits per heavy atom. The number of hydrogen-bond acceptors (Lipinski definition) is 5. The predicted molar refractivity (Wildman–Crippen MR) is 105 cm³/mol. The average molecular weight is 383 g/mol. The number of nitrogens with one attached hydrogen (secondary N) is 1. The molecule has 2 aromatic heterocycles. The number of para-hydroxylation sites is 1. The van der Waals surface area contributed by atoms with Crippen LogP contribution in [0.5, 0.6) is 0 Å². The Balaban J connectivity index is 1.52. The van der Waals surface area contributed by atoms with Crippen molar-refractivity contribution in [1.82, 2.24) is 14.6 Å². The van der Waals surface area contributed by atoms with Gasteiger partial charge in [0, 0.05) is 24.0 Å². The first-order valence-electron chi connectivity index (χ1n) is 8.98. The Morgan fingerprint density at radius 1 is 1.37 bits per heavy atom. The normalized spacial score (nSPS) is 17.1. The third kappa shape index (κ3) is 3.10. The molecule has 3 aromatic rings. The maximum Gasteiger partial charge on any atom is 0.250 e. The monoisotopic (exact) mass is 383 g/mol. The molecule has 1 fully saturated rings. The molecule has 140 valence electrons. The van der Waals surface area contributed by atoms with Gasteiger partial charge in [0.25, 0.3) is 0 Å². The fourth-order valence-electron chi connectivity index (χ4n) is 3.55. The third-order valence-corrected chi connectivity index (χ3v) is 5.88. The van der Waals surface area contributed by atoms with E-state index in [4.69, 9.17) is 0 Å². The molecule has 1 aliphatic heterocycles. The molecule has 0 radical (unpaired) electrons. The number of amides is 2. The summed E-state index contributed by atoms with van der Waals surface area (Å²) in [6.07, 6.45) is 1.04. The van der Waals surface area contributed by atoms with Crippen molar-refractivity contribution in [3.63, 3.8) is 0 Å². The van der Waals surface area contributed by atoms with Gasteiger partial charge in [-0.2, -0.15) is 4.98 Å². The lowest BCUT2D eigenvalue weighted by atomic mass is 10.0. The van der Waals surface area contributed by atoms with Crippen molar-refractivity contribution in [2.24, 2.45) is 5.92 Å². The molecule has 0 aliphatic carbocycles. The van der Waals surface area contributed by atoms with E-state index in [1.807, 2.05) is 37.4 Å². The van der Waals surface area contributed by atoms with Crippen LogP contribution in [0.15, 0.2) is 23.6 Å². The van der Waals surface area contributed by atoms with Gasteiger partial charge in [0.05, 0.1) is 11.6 Å². The van der Waals surface area contributed by atoms with Crippen LogP contribution in [0.1, 0.15) is 30.2 Å². The Bertz CT molecular complexity index is 1040. The van der Waals surface area contributed by atoms with Crippen LogP contribution in [-0.2, 0) is 16.0 Å². The van der Waals surface area contributed by atoms with Crippen LogP contribution in [0.4, 0.5) is 11.6 Å². The molecule has 7 nitrogen and oxygen atoms in total. The number of nitrogens with zero attached hydrogens (tertiary/aromatic N) is 4. The second-order valence-electron chi connectivity index (χ2n) is 6.84. The van der Waals surface area contributed by atoms with E-state index in [2.05, 4.69) is 22.3 Å². The van der Waals surface area contributed by atoms with Crippen molar-refractivity contribution in [3.8, 4) is 0 Å². The number of benzene rings is 1. The number of carbonyl (C=O) groups excluding carboxylic acids is 2. The Kier molecular flexibility index (Phi) is 4.43. The van der Waals surface area contributed by atoms with Crippen LogP contribution in [0, 0.1) is 19.8 Å². The summed E-state index contributed by atoms with van der Waals surface area (Å²) in [4.78, 5) is 32.1. The van der Waals surface area contributed by atoms with Crippen molar-refractivity contribution in [1.29, 1.82) is 0 Å². The van der Waals surface area contributed by atoms with E-state index in [1.54, 1.807) is 9.42 Å². The van der Waals surface area contributed by atoms with Crippen molar-refractivity contribution < 1.29 is 9.59 Å². The molecule has 1 saturated heterocycles. The molecular formula is C19H21N5O2S. The number of fused-ring (bicyclic) bond motifs is 1. The fraction of sp³-hybridized carbons (Fsp3) is 0.368. The van der Waals surface area contributed by atoms with Crippen LogP contribution in [0.2, 0.25) is 0 Å². The van der Waals surface area contributed by atoms with Gasteiger partial charge >= 0.3 is 0 Å². The molecular weight excluding hydrogens is 362 g/mol. The zero-order valence-corrected chi connectivity index (χ0v) is 16.3. The standard InChI is InChI=1S/C19H21N5O2S/c1-4-13-7-5-6-11(2)16(13)23-9-14(8-15(23)25)17(26)20-18-21-19-24(22-18)12(3)10-27-19/h5-7,10,14H,4,8-9H2,1-3H3,(H,20,22,26). The molecule has 1 unspecified atom stereocenters. The van der Waals surface area contributed by atoms with Gasteiger partial charge in [0.15, 0.2) is 0 Å². The molecule has 0 spiro atoms. The lowest BCUT2D eigenvalue weighted by molar-refractivity contribution is -0.122. The molecule has 0 saturated carbocycles. The van der Waals surface area contributed by atoms with Gasteiger partial charge in [-0.25, -0.2) is 4.52 Å². The second kappa shape index (κ2) is 6.77. The molecule has 3 heterocycles. The minimum absolute atomic E-state index is 0.0197. The fourth-order valence-corrected chi connectivity index (χ4v) is 4.35. The largest absolute Gasteiger partial charge is 0.311 e. The highest BCUT2D eigenvalue weighted by Gasteiger charge is 2.36. The van der Waals surface area contributed by atoms with E-state index in [9.17, 15) is 9.59 Å². The number of carbonyl (C=O) groups is 2. The van der Waals surface area contributed by atoms with Gasteiger partial charge in [0.2, 0.25) is 22.7 Å². The summed E-state index contributed by atoms with van der Waals surface area (Å²) in [7, 11) is 0. The van der Waals surface area contributed by atoms with Crippen LogP contribution in [0.3, 0.4) is 0 Å². The van der Waals surface area contributed by atoms with Gasteiger partial charge in [-0.3, -0.25) is 14.9 Å². The van der Waals surface area contributed by atoms with E-state index in [-0.39, 0.29) is 24.2 Å². The Morgan fingerprint density at radius 3 is 2.93 bits per heavy atom. The number of anilines is 2. The van der Waals surface area contributed by atoms with Gasteiger partial charge in [-0.15, -0.1) is 16.4 Å². The van der Waals surface area contributed by atoms with Crippen LogP contribution in [0.25, 0.3) is 4.96 Å². The maximum absolute atomic E-state index is 12.7. The summed E-state index contributed by atoms with van der Waals surface area (Å²) in [5.41, 5.74) is 4.08. The number of thiazole rings is 1. The minimum atomic E-state index is -0.413. The first kappa shape index (κ1) is 17.7. The van der Waals surface area contributed by atoms with Gasteiger partial charge < -0.3 is 4.90 Å². The SMILES string of the molecule is CCc1cccc(C)c1N1CC(C(=O)Nc2nc3scc(C)n3n2)CC1=O. The molecule has 4 rings (SSSR count). The summed E-state index contributed by atoms with van der Waals surface area (Å²) in [6.45, 7) is 6.38. The van der Waals surface area contributed by atoms with Gasteiger partial charge in [-0.1, -0.05) is 25.1 Å². The first-order chi connectivity index (χ1) is 13.0. The highest BCUT2D eigenvalue weighted by Crippen LogP contribution is 2.32. The number of rotatable bonds is 4. The smallest absolute Gasteiger partial charge is 0.250 e. The van der Waals surface area contributed by atoms with Gasteiger partial charge in [-0.05, 0) is 31.4 Å². The zero-order chi connectivity index (χ0) is 19.1. The number of aryl methyl sites for hydroxylation is 3. The van der Waals surface area contributed by atoms with E-state index in [0.717, 1.165) is 33.9 Å². The highest BCUT2D eigenvalue weighted by molar-refractivity contribution is 7.15. The molecule has 2 amide bonds. The van der Waals surface area contributed by atoms with Crippen molar-refractivity contribution >= 4 is 39.7 Å². The van der Waals surface area contributed by atoms with E-state index in [1.165, 1.54) is 11.3 Å². The van der Waals surface area contributed by atoms with Crippen molar-refractivity contribution in [2.75, 3.05) is 16.8 Å². The van der Waals surface area contributed by atoms with Crippen LogP contribution < -0.4 is 10.2 Å². The predicted octanol–water partition coefficient (Wildman–Crippen LogP) is 2.96. The zero-order valence-electron chi connectivity index (χ0n) is 15.5. The summed E-state index contributed by atoms with van der Waals surface area (Å²) in [6, 6.07) is 6.03. The van der Waals surface area contributed by atoms with Gasteiger partial charge in [0.1, 0.15) is 0 Å². The van der Waals surface area contributed by atoms with E-state index < -0.39 is 5.92 Å². The van der Waals surface area contributed by atoms with E-state index >= 15 is 0 Å². The summed E-state index contributed by atoms with van der Waals surface area (Å²) < 4.78 is 1.70. The van der Waals surface area contributed by atoms with E-state index in [0.29, 0.717) is 6.54 Å². The Labute approximate surface area is 161 Å². The summed E-state index contributed by atoms with van der Waals surface area (Å²) >= 11 is 1.47. The first-order valence-corrected chi connectivity index (χ1v) is 9.86. The molecule has 1 atom stereocenters. The molecule has 1 aliphatic rings. The number of hydrogen-bond donors (Lipinski definition) is 1. The maximum atomic E-state index is 12.7. The van der Waals surface area contributed by atoms with Crippen LogP contribution >= 0.6 is 11.3 Å². The van der Waals surface area contributed by atoms with Crippen molar-refractivity contribution in [3.05, 3.63) is 40.4 Å². The Hall–Kier alpha value is -2.74. The molecule has 1 aromatic carbocycles. The third-order valence-electron chi connectivity index (χ3n) is 4.95. The quantitative estimate of drug-likeness (QED) is 0.751. The number of aromatic nitrogens is 3. The second-order valence-corrected chi connectivity index (χ2v) is 7.67. The lowest BCUT2D eigenvalue weighted by Crippen LogP contribution is -2.29. The van der Waals surface area contributed by atoms with Crippen molar-refractivity contribution in [2.45, 2.75) is 33.6 Å². The summed E-state index contributed by atoms with van der Waals surface area (Å²) in [5.74, 6) is -0.363. The molecule has 1 N–H and O–H groups in total.